The Kier molecular flexibility index (Phi) is 2.73. The fraction of sp³-hybridized carbons (Fsp3) is 0. The van der Waals surface area contributed by atoms with Crippen LogP contribution in [0.3, 0.4) is 0 Å². The zero-order valence-corrected chi connectivity index (χ0v) is 9.15. The van der Waals surface area contributed by atoms with Gasteiger partial charge in [0.15, 0.2) is 0 Å². The molecule has 0 N–H and O–H groups in total. The van der Waals surface area contributed by atoms with Crippen LogP contribution in [0.1, 0.15) is 20.7 Å². The maximum absolute atomic E-state index is 10.9. The molecule has 0 amide bonds. The largest absolute Gasteiger partial charge is 0.545 e. The standard InChI is InChI=1S/C12H7ClO4/c13-9-5-4-8(12(16)17)10-6(9)2-1-3-7(10)11(14)15/h1-5H,(H,14,15)(H,16,17)/p-2. The molecular weight excluding hydrogens is 244 g/mol. The first-order valence-corrected chi connectivity index (χ1v) is 5.04. The molecule has 0 radical (unpaired) electrons. The fourth-order valence-corrected chi connectivity index (χ4v) is 1.93. The average Bonchev–Trinajstić information content (AvgIpc) is 2.28. The van der Waals surface area contributed by atoms with E-state index in [-0.39, 0.29) is 21.5 Å². The highest BCUT2D eigenvalue weighted by Crippen LogP contribution is 2.28. The quantitative estimate of drug-likeness (QED) is 0.761. The molecular formula is C12H5ClO4-2. The molecule has 0 atom stereocenters. The molecule has 0 unspecified atom stereocenters. The molecule has 0 fully saturated rings. The van der Waals surface area contributed by atoms with Crippen molar-refractivity contribution in [3.8, 4) is 0 Å². The van der Waals surface area contributed by atoms with Crippen molar-refractivity contribution >= 4 is 34.3 Å². The van der Waals surface area contributed by atoms with Gasteiger partial charge in [0.1, 0.15) is 0 Å². The molecule has 0 aliphatic carbocycles. The molecule has 0 heterocycles. The van der Waals surface area contributed by atoms with Crippen molar-refractivity contribution in [3.63, 3.8) is 0 Å². The summed E-state index contributed by atoms with van der Waals surface area (Å²) in [6.07, 6.45) is 0. The molecule has 0 saturated carbocycles. The zero-order chi connectivity index (χ0) is 12.6. The fourth-order valence-electron chi connectivity index (χ4n) is 1.71. The predicted molar refractivity (Wildman–Crippen MR) is 57.6 cm³/mol. The van der Waals surface area contributed by atoms with Crippen LogP contribution in [-0.2, 0) is 0 Å². The minimum Gasteiger partial charge on any atom is -0.545 e. The molecule has 2 aromatic carbocycles. The Morgan fingerprint density at radius 3 is 2.12 bits per heavy atom. The number of carboxylic acid groups (broad SMARTS) is 2. The van der Waals surface area contributed by atoms with Gasteiger partial charge in [-0.25, -0.2) is 0 Å². The minimum absolute atomic E-state index is 0.0278. The van der Waals surface area contributed by atoms with Crippen LogP contribution in [0.4, 0.5) is 0 Å². The lowest BCUT2D eigenvalue weighted by atomic mass is 9.99. The van der Waals surface area contributed by atoms with Crippen LogP contribution in [0.5, 0.6) is 0 Å². The second-order valence-electron chi connectivity index (χ2n) is 3.40. The van der Waals surface area contributed by atoms with E-state index in [4.69, 9.17) is 11.6 Å². The van der Waals surface area contributed by atoms with Gasteiger partial charge in [-0.15, -0.1) is 0 Å². The molecule has 86 valence electrons. The molecule has 17 heavy (non-hydrogen) atoms. The zero-order valence-electron chi connectivity index (χ0n) is 8.40. The second kappa shape index (κ2) is 4.07. The van der Waals surface area contributed by atoms with Crippen LogP contribution in [0.2, 0.25) is 5.02 Å². The molecule has 0 aromatic heterocycles. The first-order chi connectivity index (χ1) is 8.02. The summed E-state index contributed by atoms with van der Waals surface area (Å²) in [7, 11) is 0. The van der Waals surface area contributed by atoms with Crippen molar-refractivity contribution < 1.29 is 19.8 Å². The third-order valence-corrected chi connectivity index (χ3v) is 2.76. The van der Waals surface area contributed by atoms with Crippen molar-refractivity contribution in [2.75, 3.05) is 0 Å². The van der Waals surface area contributed by atoms with E-state index in [0.29, 0.717) is 5.39 Å². The van der Waals surface area contributed by atoms with Crippen molar-refractivity contribution in [1.29, 1.82) is 0 Å². The molecule has 0 spiro atoms. The summed E-state index contributed by atoms with van der Waals surface area (Å²) in [6.45, 7) is 0. The number of fused-ring (bicyclic) bond motifs is 1. The average molecular weight is 249 g/mol. The van der Waals surface area contributed by atoms with Gasteiger partial charge in [-0.1, -0.05) is 35.9 Å². The van der Waals surface area contributed by atoms with Crippen LogP contribution >= 0.6 is 11.6 Å². The van der Waals surface area contributed by atoms with Gasteiger partial charge in [-0.05, 0) is 6.07 Å². The highest BCUT2D eigenvalue weighted by atomic mass is 35.5. The summed E-state index contributed by atoms with van der Waals surface area (Å²) < 4.78 is 0. The first-order valence-electron chi connectivity index (χ1n) is 4.66. The van der Waals surface area contributed by atoms with E-state index in [1.54, 1.807) is 0 Å². The van der Waals surface area contributed by atoms with Gasteiger partial charge < -0.3 is 19.8 Å². The van der Waals surface area contributed by atoms with Crippen LogP contribution in [0.15, 0.2) is 30.3 Å². The Labute approximate surface area is 101 Å². The van der Waals surface area contributed by atoms with Crippen LogP contribution < -0.4 is 10.2 Å². The van der Waals surface area contributed by atoms with Gasteiger partial charge in [-0.2, -0.15) is 0 Å². The van der Waals surface area contributed by atoms with Crippen LogP contribution in [0.25, 0.3) is 10.8 Å². The van der Waals surface area contributed by atoms with Crippen molar-refractivity contribution in [1.82, 2.24) is 0 Å². The Morgan fingerprint density at radius 2 is 1.53 bits per heavy atom. The summed E-state index contributed by atoms with van der Waals surface area (Å²) >= 11 is 5.88. The predicted octanol–water partition coefficient (Wildman–Crippen LogP) is 0.220. The van der Waals surface area contributed by atoms with Crippen molar-refractivity contribution in [3.05, 3.63) is 46.5 Å². The molecule has 4 nitrogen and oxygen atoms in total. The van der Waals surface area contributed by atoms with Crippen molar-refractivity contribution in [2.45, 2.75) is 0 Å². The smallest absolute Gasteiger partial charge is 0.0721 e. The number of carbonyl (C=O) groups excluding carboxylic acids is 2. The van der Waals surface area contributed by atoms with Gasteiger partial charge in [-0.3, -0.25) is 0 Å². The summed E-state index contributed by atoms with van der Waals surface area (Å²) in [5.41, 5.74) is -0.437. The number of hydrogen-bond acceptors (Lipinski definition) is 4. The summed E-state index contributed by atoms with van der Waals surface area (Å²) in [4.78, 5) is 21.9. The molecule has 0 saturated heterocycles. The highest BCUT2D eigenvalue weighted by molar-refractivity contribution is 6.36. The van der Waals surface area contributed by atoms with Gasteiger partial charge in [0.25, 0.3) is 0 Å². The number of hydrogen-bond donors (Lipinski definition) is 0. The van der Waals surface area contributed by atoms with E-state index in [9.17, 15) is 19.8 Å². The summed E-state index contributed by atoms with van der Waals surface area (Å²) in [6, 6.07) is 6.87. The summed E-state index contributed by atoms with van der Waals surface area (Å²) in [5.74, 6) is -2.92. The maximum Gasteiger partial charge on any atom is 0.0721 e. The van der Waals surface area contributed by atoms with Crippen LogP contribution in [0, 0.1) is 0 Å². The second-order valence-corrected chi connectivity index (χ2v) is 3.81. The first kappa shape index (κ1) is 11.4. The topological polar surface area (TPSA) is 80.3 Å². The Hall–Kier alpha value is -2.07. The molecule has 0 aliphatic rings. The lowest BCUT2D eigenvalue weighted by Gasteiger charge is -2.13. The minimum atomic E-state index is -1.46. The maximum atomic E-state index is 10.9. The van der Waals surface area contributed by atoms with E-state index in [2.05, 4.69) is 0 Å². The molecule has 2 rings (SSSR count). The van der Waals surface area contributed by atoms with E-state index in [1.807, 2.05) is 0 Å². The monoisotopic (exact) mass is 248 g/mol. The Balaban J connectivity index is 2.99. The number of aromatic carboxylic acids is 2. The Morgan fingerprint density at radius 1 is 0.941 bits per heavy atom. The number of benzene rings is 2. The van der Waals surface area contributed by atoms with Crippen LogP contribution in [-0.4, -0.2) is 11.9 Å². The SMILES string of the molecule is O=C([O-])c1cccc2c(Cl)ccc(C(=O)[O-])c12. The highest BCUT2D eigenvalue weighted by Gasteiger charge is 2.10. The number of carboxylic acids is 2. The van der Waals surface area contributed by atoms with Gasteiger partial charge >= 0.3 is 0 Å². The number of carbonyl (C=O) groups is 2. The summed E-state index contributed by atoms with van der Waals surface area (Å²) in [5, 5.41) is 22.5. The van der Waals surface area contributed by atoms with E-state index < -0.39 is 11.9 Å². The Bertz CT molecular complexity index is 613. The van der Waals surface area contributed by atoms with Crippen molar-refractivity contribution in [2.24, 2.45) is 0 Å². The van der Waals surface area contributed by atoms with Gasteiger partial charge in [0.2, 0.25) is 0 Å². The van der Waals surface area contributed by atoms with Gasteiger partial charge in [0.05, 0.1) is 11.9 Å². The van der Waals surface area contributed by atoms with E-state index in [1.165, 1.54) is 30.3 Å². The number of halogens is 1. The molecule has 0 bridgehead atoms. The van der Waals surface area contributed by atoms with E-state index >= 15 is 0 Å². The lowest BCUT2D eigenvalue weighted by molar-refractivity contribution is -0.255. The molecule has 5 heteroatoms. The third-order valence-electron chi connectivity index (χ3n) is 2.43. The lowest BCUT2D eigenvalue weighted by Crippen LogP contribution is -2.26. The molecule has 2 aromatic rings. The van der Waals surface area contributed by atoms with Gasteiger partial charge in [0, 0.05) is 26.9 Å². The number of rotatable bonds is 2. The normalized spacial score (nSPS) is 10.4. The third kappa shape index (κ3) is 1.83. The molecule has 0 aliphatic heterocycles. The van der Waals surface area contributed by atoms with E-state index in [0.717, 1.165) is 0 Å².